The highest BCUT2D eigenvalue weighted by atomic mass is 16.2. The lowest BCUT2D eigenvalue weighted by Crippen LogP contribution is -2.50. The Labute approximate surface area is 207 Å². The molecule has 0 spiro atoms. The van der Waals surface area contributed by atoms with E-state index in [2.05, 4.69) is 5.32 Å². The van der Waals surface area contributed by atoms with E-state index in [-0.39, 0.29) is 42.6 Å². The highest BCUT2D eigenvalue weighted by Crippen LogP contribution is 2.23. The molecule has 1 aliphatic rings. The Morgan fingerprint density at radius 2 is 1.63 bits per heavy atom. The Hall–Kier alpha value is -3.48. The maximum Gasteiger partial charge on any atom is 0.261 e. The molecule has 2 aromatic carbocycles. The van der Waals surface area contributed by atoms with Crippen LogP contribution in [0.5, 0.6) is 0 Å². The van der Waals surface area contributed by atoms with Crippen molar-refractivity contribution in [1.29, 1.82) is 0 Å². The summed E-state index contributed by atoms with van der Waals surface area (Å²) in [6.07, 6.45) is 1.75. The van der Waals surface area contributed by atoms with Gasteiger partial charge in [0.25, 0.3) is 11.8 Å². The third-order valence-corrected chi connectivity index (χ3v) is 6.47. The van der Waals surface area contributed by atoms with E-state index >= 15 is 0 Å². The van der Waals surface area contributed by atoms with E-state index in [9.17, 15) is 19.2 Å². The van der Waals surface area contributed by atoms with Crippen molar-refractivity contribution in [2.75, 3.05) is 6.54 Å². The van der Waals surface area contributed by atoms with E-state index in [0.29, 0.717) is 30.5 Å². The molecule has 4 amide bonds. The maximum absolute atomic E-state index is 13.4. The molecule has 0 radical (unpaired) electrons. The van der Waals surface area contributed by atoms with Gasteiger partial charge in [-0.15, -0.1) is 0 Å². The molecule has 0 saturated heterocycles. The standard InChI is InChI=1S/C28H35N3O4/c1-5-20(4)29-26(33)24(6-2)31(18-21-12-9-11-19(3)17-21)25(32)15-10-16-30-27(34)22-13-7-8-14-23(22)28(30)35/h7-9,11-14,17,20,24H,5-6,10,15-16,18H2,1-4H3,(H,29,33)/t20-,24-/m1/s1. The smallest absolute Gasteiger partial charge is 0.261 e. The number of hydrogen-bond donors (Lipinski definition) is 1. The van der Waals surface area contributed by atoms with Crippen LogP contribution < -0.4 is 5.32 Å². The first kappa shape index (κ1) is 26.1. The van der Waals surface area contributed by atoms with Crippen molar-refractivity contribution in [3.8, 4) is 0 Å². The Bertz CT molecular complexity index is 1060. The van der Waals surface area contributed by atoms with Gasteiger partial charge in [-0.25, -0.2) is 0 Å². The summed E-state index contributed by atoms with van der Waals surface area (Å²) in [5.41, 5.74) is 2.83. The van der Waals surface area contributed by atoms with Gasteiger partial charge < -0.3 is 10.2 Å². The number of amides is 4. The quantitative estimate of drug-likeness (QED) is 0.494. The molecule has 0 fully saturated rings. The first-order chi connectivity index (χ1) is 16.8. The summed E-state index contributed by atoms with van der Waals surface area (Å²) in [6.45, 7) is 8.31. The van der Waals surface area contributed by atoms with Gasteiger partial charge in [0.05, 0.1) is 11.1 Å². The predicted octanol–water partition coefficient (Wildman–Crippen LogP) is 4.09. The van der Waals surface area contributed by atoms with Gasteiger partial charge >= 0.3 is 0 Å². The molecule has 3 rings (SSSR count). The van der Waals surface area contributed by atoms with Crippen molar-refractivity contribution in [2.24, 2.45) is 0 Å². The van der Waals surface area contributed by atoms with E-state index < -0.39 is 6.04 Å². The van der Waals surface area contributed by atoms with Gasteiger partial charge in [-0.2, -0.15) is 0 Å². The fraction of sp³-hybridized carbons (Fsp3) is 0.429. The molecule has 7 nitrogen and oxygen atoms in total. The van der Waals surface area contributed by atoms with E-state index in [0.717, 1.165) is 17.5 Å². The first-order valence-electron chi connectivity index (χ1n) is 12.4. The minimum absolute atomic E-state index is 0.0151. The lowest BCUT2D eigenvalue weighted by atomic mass is 10.1. The number of carbonyl (C=O) groups is 4. The largest absolute Gasteiger partial charge is 0.352 e. The van der Waals surface area contributed by atoms with Crippen LogP contribution in [0.1, 0.15) is 78.3 Å². The van der Waals surface area contributed by atoms with Crippen molar-refractivity contribution in [3.63, 3.8) is 0 Å². The van der Waals surface area contributed by atoms with E-state index in [1.165, 1.54) is 4.90 Å². The van der Waals surface area contributed by atoms with Crippen LogP contribution in [0.25, 0.3) is 0 Å². The minimum atomic E-state index is -0.601. The second-order valence-corrected chi connectivity index (χ2v) is 9.16. The lowest BCUT2D eigenvalue weighted by molar-refractivity contribution is -0.141. The second-order valence-electron chi connectivity index (χ2n) is 9.16. The van der Waals surface area contributed by atoms with E-state index in [4.69, 9.17) is 0 Å². The average molecular weight is 478 g/mol. The van der Waals surface area contributed by atoms with Crippen molar-refractivity contribution in [2.45, 2.75) is 72.0 Å². The molecule has 0 bridgehead atoms. The van der Waals surface area contributed by atoms with Gasteiger partial charge in [0.15, 0.2) is 0 Å². The number of imide groups is 1. The number of nitrogens with zero attached hydrogens (tertiary/aromatic N) is 2. The van der Waals surface area contributed by atoms with Gasteiger partial charge in [0.2, 0.25) is 11.8 Å². The van der Waals surface area contributed by atoms with Crippen LogP contribution >= 0.6 is 0 Å². The number of benzene rings is 2. The van der Waals surface area contributed by atoms with E-state index in [1.807, 2.05) is 52.0 Å². The topological polar surface area (TPSA) is 86.8 Å². The molecule has 7 heteroatoms. The zero-order chi connectivity index (χ0) is 25.5. The molecular weight excluding hydrogens is 442 g/mol. The van der Waals surface area contributed by atoms with Gasteiger partial charge in [0.1, 0.15) is 6.04 Å². The molecule has 1 N–H and O–H groups in total. The Morgan fingerprint density at radius 3 is 2.20 bits per heavy atom. The summed E-state index contributed by atoms with van der Waals surface area (Å²) in [7, 11) is 0. The molecule has 1 heterocycles. The number of carbonyl (C=O) groups excluding carboxylic acids is 4. The first-order valence-corrected chi connectivity index (χ1v) is 12.4. The fourth-order valence-corrected chi connectivity index (χ4v) is 4.34. The summed E-state index contributed by atoms with van der Waals surface area (Å²) < 4.78 is 0. The molecule has 186 valence electrons. The minimum Gasteiger partial charge on any atom is -0.352 e. The number of aryl methyl sites for hydroxylation is 1. The SMILES string of the molecule is CC[C@@H](C)NC(=O)[C@@H](CC)N(Cc1cccc(C)c1)C(=O)CCCN1C(=O)c2ccccc2C1=O. The summed E-state index contributed by atoms with van der Waals surface area (Å²) in [6, 6.07) is 14.1. The second kappa shape index (κ2) is 11.8. The summed E-state index contributed by atoms with van der Waals surface area (Å²) in [5.74, 6) is -0.986. The molecular formula is C28H35N3O4. The van der Waals surface area contributed by atoms with Gasteiger partial charge in [-0.1, -0.05) is 55.8 Å². The highest BCUT2D eigenvalue weighted by Gasteiger charge is 2.35. The molecule has 35 heavy (non-hydrogen) atoms. The summed E-state index contributed by atoms with van der Waals surface area (Å²) in [4.78, 5) is 54.5. The normalized spacial score (nSPS) is 14.5. The zero-order valence-corrected chi connectivity index (χ0v) is 21.0. The summed E-state index contributed by atoms with van der Waals surface area (Å²) >= 11 is 0. The number of rotatable bonds is 11. The third-order valence-electron chi connectivity index (χ3n) is 6.47. The van der Waals surface area contributed by atoms with Crippen LogP contribution in [0.2, 0.25) is 0 Å². The lowest BCUT2D eigenvalue weighted by Gasteiger charge is -2.31. The third kappa shape index (κ3) is 6.15. The highest BCUT2D eigenvalue weighted by molar-refractivity contribution is 6.21. The molecule has 0 saturated carbocycles. The predicted molar refractivity (Wildman–Crippen MR) is 135 cm³/mol. The van der Waals surface area contributed by atoms with Crippen molar-refractivity contribution in [3.05, 3.63) is 70.8 Å². The van der Waals surface area contributed by atoms with Crippen LogP contribution in [0.3, 0.4) is 0 Å². The van der Waals surface area contributed by atoms with Gasteiger partial charge in [-0.05, 0) is 50.8 Å². The van der Waals surface area contributed by atoms with Crippen molar-refractivity contribution < 1.29 is 19.2 Å². The van der Waals surface area contributed by atoms with Crippen LogP contribution in [-0.2, 0) is 16.1 Å². The molecule has 1 aliphatic heterocycles. The number of hydrogen-bond acceptors (Lipinski definition) is 4. The zero-order valence-electron chi connectivity index (χ0n) is 21.0. The van der Waals surface area contributed by atoms with Gasteiger partial charge in [-0.3, -0.25) is 24.1 Å². The average Bonchev–Trinajstić information content (AvgIpc) is 3.08. The van der Waals surface area contributed by atoms with Crippen LogP contribution in [0.15, 0.2) is 48.5 Å². The molecule has 2 aromatic rings. The van der Waals surface area contributed by atoms with Crippen molar-refractivity contribution in [1.82, 2.24) is 15.1 Å². The van der Waals surface area contributed by atoms with Crippen LogP contribution in [0.4, 0.5) is 0 Å². The van der Waals surface area contributed by atoms with Gasteiger partial charge in [0, 0.05) is 25.6 Å². The Balaban J connectivity index is 1.71. The molecule has 2 atom stereocenters. The van der Waals surface area contributed by atoms with Crippen LogP contribution in [0, 0.1) is 6.92 Å². The Kier molecular flexibility index (Phi) is 8.79. The van der Waals surface area contributed by atoms with E-state index in [1.54, 1.807) is 29.2 Å². The monoisotopic (exact) mass is 477 g/mol. The number of fused-ring (bicyclic) bond motifs is 1. The summed E-state index contributed by atoms with van der Waals surface area (Å²) in [5, 5.41) is 3.01. The Morgan fingerprint density at radius 1 is 0.971 bits per heavy atom. The fourth-order valence-electron chi connectivity index (χ4n) is 4.34. The maximum atomic E-state index is 13.4. The van der Waals surface area contributed by atoms with Crippen molar-refractivity contribution >= 4 is 23.6 Å². The number of nitrogens with one attached hydrogen (secondary N) is 1. The molecule has 0 aromatic heterocycles. The van der Waals surface area contributed by atoms with Crippen LogP contribution in [-0.4, -0.2) is 52.1 Å². The molecule has 0 aliphatic carbocycles. The molecule has 0 unspecified atom stereocenters.